The van der Waals surface area contributed by atoms with Gasteiger partial charge in [0.05, 0.1) is 24.3 Å². The highest BCUT2D eigenvalue weighted by Crippen LogP contribution is 2.14. The van der Waals surface area contributed by atoms with Crippen LogP contribution in [-0.4, -0.2) is 44.7 Å². The first-order chi connectivity index (χ1) is 8.08. The van der Waals surface area contributed by atoms with Crippen LogP contribution in [0.25, 0.3) is 11.3 Å². The molecule has 0 aliphatic carbocycles. The van der Waals surface area contributed by atoms with Crippen LogP contribution < -0.4 is 0 Å². The van der Waals surface area contributed by atoms with E-state index in [1.54, 1.807) is 31.2 Å². The molecule has 0 aliphatic rings. The van der Waals surface area contributed by atoms with E-state index in [4.69, 9.17) is 0 Å². The van der Waals surface area contributed by atoms with Gasteiger partial charge in [0.1, 0.15) is 5.69 Å². The predicted molar refractivity (Wildman–Crippen MR) is 62.3 cm³/mol. The van der Waals surface area contributed by atoms with Crippen molar-refractivity contribution in [2.45, 2.75) is 0 Å². The van der Waals surface area contributed by atoms with Gasteiger partial charge in [0, 0.05) is 32.9 Å². The Morgan fingerprint density at radius 2 is 2.06 bits per heavy atom. The number of hydrogen-bond donors (Lipinski definition) is 0. The average molecular weight is 231 g/mol. The molecule has 6 heteroatoms. The smallest absolute Gasteiger partial charge is 0.273 e. The number of carbonyl (C=O) groups is 1. The lowest BCUT2D eigenvalue weighted by molar-refractivity contribution is 0.0821. The van der Waals surface area contributed by atoms with Crippen LogP contribution in [-0.2, 0) is 7.05 Å². The van der Waals surface area contributed by atoms with Gasteiger partial charge in [0.15, 0.2) is 0 Å². The molecule has 0 bridgehead atoms. The SMILES string of the molecule is CN(C)C(=O)c1cncc(-c2cnn(C)c2)n1. The fourth-order valence-corrected chi connectivity index (χ4v) is 1.39. The summed E-state index contributed by atoms with van der Waals surface area (Å²) in [6.45, 7) is 0. The molecule has 0 unspecified atom stereocenters. The van der Waals surface area contributed by atoms with E-state index in [2.05, 4.69) is 15.1 Å². The van der Waals surface area contributed by atoms with Crippen LogP contribution in [0, 0.1) is 0 Å². The molecule has 0 radical (unpaired) electrons. The van der Waals surface area contributed by atoms with Crippen molar-refractivity contribution in [1.82, 2.24) is 24.6 Å². The molecular formula is C11H13N5O. The number of hydrogen-bond acceptors (Lipinski definition) is 4. The monoisotopic (exact) mass is 231 g/mol. The molecule has 2 rings (SSSR count). The van der Waals surface area contributed by atoms with Crippen LogP contribution in [0.2, 0.25) is 0 Å². The van der Waals surface area contributed by atoms with Crippen LogP contribution in [0.1, 0.15) is 10.5 Å². The number of amides is 1. The molecule has 0 N–H and O–H groups in total. The van der Waals surface area contributed by atoms with E-state index in [9.17, 15) is 4.79 Å². The second kappa shape index (κ2) is 4.32. The van der Waals surface area contributed by atoms with Gasteiger partial charge in [-0.25, -0.2) is 4.98 Å². The Labute approximate surface area is 98.9 Å². The third-order valence-corrected chi connectivity index (χ3v) is 2.26. The number of aromatic nitrogens is 4. The molecule has 0 saturated heterocycles. The minimum Gasteiger partial charge on any atom is -0.343 e. The molecule has 6 nitrogen and oxygen atoms in total. The first kappa shape index (κ1) is 11.3. The third kappa shape index (κ3) is 2.30. The van der Waals surface area contributed by atoms with E-state index in [1.807, 2.05) is 13.2 Å². The highest BCUT2D eigenvalue weighted by molar-refractivity contribution is 5.92. The van der Waals surface area contributed by atoms with Crippen molar-refractivity contribution in [3.63, 3.8) is 0 Å². The second-order valence-electron chi connectivity index (χ2n) is 3.89. The van der Waals surface area contributed by atoms with Crippen molar-refractivity contribution in [2.75, 3.05) is 14.1 Å². The van der Waals surface area contributed by atoms with Crippen molar-refractivity contribution in [2.24, 2.45) is 7.05 Å². The highest BCUT2D eigenvalue weighted by Gasteiger charge is 2.12. The van der Waals surface area contributed by atoms with Crippen molar-refractivity contribution in [1.29, 1.82) is 0 Å². The van der Waals surface area contributed by atoms with Gasteiger partial charge in [-0.3, -0.25) is 14.5 Å². The summed E-state index contributed by atoms with van der Waals surface area (Å²) in [7, 11) is 5.19. The standard InChI is InChI=1S/C11H13N5O/c1-15(2)11(17)10-6-12-5-9(14-10)8-4-13-16(3)7-8/h4-7H,1-3H3. The summed E-state index contributed by atoms with van der Waals surface area (Å²) in [5, 5.41) is 4.06. The van der Waals surface area contributed by atoms with E-state index >= 15 is 0 Å². The largest absolute Gasteiger partial charge is 0.343 e. The summed E-state index contributed by atoms with van der Waals surface area (Å²) in [5.74, 6) is -0.164. The summed E-state index contributed by atoms with van der Waals surface area (Å²) in [6.07, 6.45) is 6.59. The molecule has 2 aromatic rings. The normalized spacial score (nSPS) is 10.3. The Kier molecular flexibility index (Phi) is 2.86. The number of rotatable bonds is 2. The molecular weight excluding hydrogens is 218 g/mol. The molecule has 88 valence electrons. The van der Waals surface area contributed by atoms with Crippen molar-refractivity contribution in [3.8, 4) is 11.3 Å². The zero-order valence-electron chi connectivity index (χ0n) is 9.95. The summed E-state index contributed by atoms with van der Waals surface area (Å²) in [4.78, 5) is 21.5. The van der Waals surface area contributed by atoms with Crippen LogP contribution in [0.3, 0.4) is 0 Å². The molecule has 0 atom stereocenters. The lowest BCUT2D eigenvalue weighted by atomic mass is 10.2. The maximum absolute atomic E-state index is 11.7. The first-order valence-corrected chi connectivity index (χ1v) is 5.10. The Balaban J connectivity index is 2.38. The molecule has 17 heavy (non-hydrogen) atoms. The van der Waals surface area contributed by atoms with Gasteiger partial charge in [-0.15, -0.1) is 0 Å². The quantitative estimate of drug-likeness (QED) is 0.758. The Hall–Kier alpha value is -2.24. The Bertz CT molecular complexity index is 546. The molecule has 0 spiro atoms. The third-order valence-electron chi connectivity index (χ3n) is 2.26. The van der Waals surface area contributed by atoms with Gasteiger partial charge in [-0.05, 0) is 0 Å². The first-order valence-electron chi connectivity index (χ1n) is 5.10. The van der Waals surface area contributed by atoms with Gasteiger partial charge in [-0.1, -0.05) is 0 Å². The van der Waals surface area contributed by atoms with Crippen LogP contribution in [0.4, 0.5) is 0 Å². The molecule has 0 fully saturated rings. The van der Waals surface area contributed by atoms with E-state index in [0.717, 1.165) is 5.56 Å². The molecule has 0 saturated carbocycles. The minimum absolute atomic E-state index is 0.164. The molecule has 2 heterocycles. The van der Waals surface area contributed by atoms with E-state index in [-0.39, 0.29) is 5.91 Å². The van der Waals surface area contributed by atoms with Crippen molar-refractivity contribution < 1.29 is 4.79 Å². The van der Waals surface area contributed by atoms with Crippen molar-refractivity contribution in [3.05, 3.63) is 30.5 Å². The van der Waals surface area contributed by atoms with E-state index < -0.39 is 0 Å². The van der Waals surface area contributed by atoms with Crippen LogP contribution in [0.5, 0.6) is 0 Å². The van der Waals surface area contributed by atoms with Gasteiger partial charge in [0.2, 0.25) is 0 Å². The summed E-state index contributed by atoms with van der Waals surface area (Å²) in [6, 6.07) is 0. The Morgan fingerprint density at radius 3 is 2.65 bits per heavy atom. The van der Waals surface area contributed by atoms with Gasteiger partial charge < -0.3 is 4.90 Å². The van der Waals surface area contributed by atoms with Gasteiger partial charge in [-0.2, -0.15) is 5.10 Å². The summed E-state index contributed by atoms with van der Waals surface area (Å²) < 4.78 is 1.68. The number of nitrogens with zero attached hydrogens (tertiary/aromatic N) is 5. The second-order valence-corrected chi connectivity index (χ2v) is 3.89. The van der Waals surface area contributed by atoms with E-state index in [1.165, 1.54) is 11.1 Å². The average Bonchev–Trinajstić information content (AvgIpc) is 2.75. The zero-order chi connectivity index (χ0) is 12.4. The fraction of sp³-hybridized carbons (Fsp3) is 0.273. The minimum atomic E-state index is -0.164. The van der Waals surface area contributed by atoms with Crippen LogP contribution in [0.15, 0.2) is 24.8 Å². The van der Waals surface area contributed by atoms with Crippen molar-refractivity contribution >= 4 is 5.91 Å². The molecule has 1 amide bonds. The summed E-state index contributed by atoms with van der Waals surface area (Å²) >= 11 is 0. The lowest BCUT2D eigenvalue weighted by Crippen LogP contribution is -2.23. The maximum Gasteiger partial charge on any atom is 0.273 e. The van der Waals surface area contributed by atoms with Crippen LogP contribution >= 0.6 is 0 Å². The molecule has 2 aromatic heterocycles. The Morgan fingerprint density at radius 1 is 1.29 bits per heavy atom. The molecule has 0 aliphatic heterocycles. The number of carbonyl (C=O) groups excluding carboxylic acids is 1. The topological polar surface area (TPSA) is 63.9 Å². The number of aryl methyl sites for hydroxylation is 1. The zero-order valence-corrected chi connectivity index (χ0v) is 9.95. The highest BCUT2D eigenvalue weighted by atomic mass is 16.2. The van der Waals surface area contributed by atoms with Gasteiger partial charge in [0.25, 0.3) is 5.91 Å². The lowest BCUT2D eigenvalue weighted by Gasteiger charge is -2.09. The maximum atomic E-state index is 11.7. The fourth-order valence-electron chi connectivity index (χ4n) is 1.39. The molecule has 0 aromatic carbocycles. The van der Waals surface area contributed by atoms with E-state index in [0.29, 0.717) is 11.4 Å². The van der Waals surface area contributed by atoms with Gasteiger partial charge >= 0.3 is 0 Å². The summed E-state index contributed by atoms with van der Waals surface area (Å²) in [5.41, 5.74) is 1.82. The predicted octanol–water partition coefficient (Wildman–Crippen LogP) is 0.579.